The van der Waals surface area contributed by atoms with Crippen molar-refractivity contribution in [2.45, 2.75) is 32.3 Å². The highest BCUT2D eigenvalue weighted by Crippen LogP contribution is 2.39. The lowest BCUT2D eigenvalue weighted by Gasteiger charge is -2.18. The number of anilines is 1. The molecule has 0 aliphatic carbocycles. The highest BCUT2D eigenvalue weighted by Gasteiger charge is 2.33. The number of furan rings is 1. The number of imide groups is 1. The fourth-order valence-corrected chi connectivity index (χ4v) is 4.20. The number of carbonyl (C=O) groups excluding carboxylic acids is 3. The lowest BCUT2D eigenvalue weighted by Crippen LogP contribution is -2.33. The van der Waals surface area contributed by atoms with E-state index in [1.807, 2.05) is 43.3 Å². The van der Waals surface area contributed by atoms with E-state index in [0.717, 1.165) is 11.3 Å². The number of ether oxygens (including phenoxy) is 1. The number of hydroxylamine groups is 2. The van der Waals surface area contributed by atoms with Gasteiger partial charge in [0.15, 0.2) is 11.2 Å². The number of carbonyl (C=O) groups is 3. The largest absolute Gasteiger partial charge is 0.489 e. The molecule has 10 nitrogen and oxygen atoms in total. The second-order valence-electron chi connectivity index (χ2n) is 9.23. The van der Waals surface area contributed by atoms with Gasteiger partial charge < -0.3 is 23.3 Å². The van der Waals surface area contributed by atoms with Crippen molar-refractivity contribution in [3.05, 3.63) is 70.3 Å². The number of fused-ring (bicyclic) bond motifs is 2. The number of amides is 2. The molecular weight excluding hydrogens is 504 g/mol. The van der Waals surface area contributed by atoms with Crippen LogP contribution >= 0.6 is 0 Å². The van der Waals surface area contributed by atoms with Gasteiger partial charge >= 0.3 is 11.6 Å². The molecule has 198 valence electrons. The number of hydrogen-bond donors (Lipinski definition) is 0. The molecule has 0 bridgehead atoms. The van der Waals surface area contributed by atoms with Crippen LogP contribution in [0, 0.1) is 11.8 Å². The van der Waals surface area contributed by atoms with Crippen LogP contribution < -0.4 is 15.3 Å². The smallest absolute Gasteiger partial charge is 0.336 e. The lowest BCUT2D eigenvalue weighted by atomic mass is 10.0. The first-order valence-electron chi connectivity index (χ1n) is 12.2. The van der Waals surface area contributed by atoms with Gasteiger partial charge in [-0.2, -0.15) is 0 Å². The number of benzene rings is 2. The van der Waals surface area contributed by atoms with Gasteiger partial charge in [0.1, 0.15) is 17.4 Å². The molecule has 0 spiro atoms. The standard InChI is InChI=1S/C29H24N2O8/c1-17(16-26(35)39-31-23(32)11-12-24(31)33)37-28-21-10-13-25(34)38-29(21)20(27-22(28)14-15-36-27)9-6-18-4-7-19(8-5-18)30(2)3/h4-5,7-8,10,13-15,17H,11-12,16H2,1-3H3. The summed E-state index contributed by atoms with van der Waals surface area (Å²) in [6.45, 7) is 1.64. The molecule has 0 saturated carbocycles. The van der Waals surface area contributed by atoms with E-state index in [0.29, 0.717) is 32.7 Å². The summed E-state index contributed by atoms with van der Waals surface area (Å²) < 4.78 is 17.4. The van der Waals surface area contributed by atoms with Crippen molar-refractivity contribution in [2.75, 3.05) is 19.0 Å². The van der Waals surface area contributed by atoms with Crippen LogP contribution in [0.3, 0.4) is 0 Å². The van der Waals surface area contributed by atoms with Gasteiger partial charge in [-0.15, -0.1) is 5.06 Å². The van der Waals surface area contributed by atoms with E-state index in [-0.39, 0.29) is 24.8 Å². The van der Waals surface area contributed by atoms with Crippen molar-refractivity contribution >= 4 is 45.4 Å². The Hall–Kier alpha value is -5.04. The molecule has 0 N–H and O–H groups in total. The fourth-order valence-electron chi connectivity index (χ4n) is 4.20. The SMILES string of the molecule is CC(CC(=O)ON1C(=O)CCC1=O)Oc1c2ccoc2c(C#Cc2ccc(N(C)C)cc2)c2oc(=O)ccc12. The Balaban J connectivity index is 1.47. The fraction of sp³-hybridized carbons (Fsp3) is 0.241. The molecule has 1 aliphatic heterocycles. The zero-order chi connectivity index (χ0) is 27.7. The van der Waals surface area contributed by atoms with E-state index >= 15 is 0 Å². The normalized spacial score (nSPS) is 13.9. The molecule has 1 fully saturated rings. The molecule has 3 heterocycles. The van der Waals surface area contributed by atoms with E-state index < -0.39 is 29.5 Å². The summed E-state index contributed by atoms with van der Waals surface area (Å²) in [5, 5.41) is 1.52. The average Bonchev–Trinajstić information content (AvgIpc) is 3.51. The zero-order valence-electron chi connectivity index (χ0n) is 21.5. The van der Waals surface area contributed by atoms with E-state index in [4.69, 9.17) is 18.4 Å². The molecule has 1 atom stereocenters. The quantitative estimate of drug-likeness (QED) is 0.209. The second kappa shape index (κ2) is 10.4. The van der Waals surface area contributed by atoms with Crippen molar-refractivity contribution in [1.82, 2.24) is 5.06 Å². The van der Waals surface area contributed by atoms with Gasteiger partial charge in [0.25, 0.3) is 11.8 Å². The monoisotopic (exact) mass is 528 g/mol. The molecule has 39 heavy (non-hydrogen) atoms. The lowest BCUT2D eigenvalue weighted by molar-refractivity contribution is -0.198. The van der Waals surface area contributed by atoms with E-state index in [1.165, 1.54) is 12.3 Å². The van der Waals surface area contributed by atoms with E-state index in [9.17, 15) is 19.2 Å². The molecule has 1 saturated heterocycles. The predicted molar refractivity (Wildman–Crippen MR) is 141 cm³/mol. The Morgan fingerprint density at radius 1 is 0.974 bits per heavy atom. The maximum Gasteiger partial charge on any atom is 0.336 e. The number of hydrogen-bond acceptors (Lipinski definition) is 9. The summed E-state index contributed by atoms with van der Waals surface area (Å²) in [6.07, 6.45) is 0.495. The predicted octanol–water partition coefficient (Wildman–Crippen LogP) is 3.77. The molecule has 10 heteroatoms. The molecular formula is C29H24N2O8. The first kappa shape index (κ1) is 25.6. The average molecular weight is 529 g/mol. The van der Waals surface area contributed by atoms with Crippen molar-refractivity contribution in [1.29, 1.82) is 0 Å². The summed E-state index contributed by atoms with van der Waals surface area (Å²) in [5.74, 6) is 4.58. The summed E-state index contributed by atoms with van der Waals surface area (Å²) in [7, 11) is 3.90. The summed E-state index contributed by atoms with van der Waals surface area (Å²) in [6, 6.07) is 12.2. The third-order valence-electron chi connectivity index (χ3n) is 6.13. The minimum Gasteiger partial charge on any atom is -0.489 e. The highest BCUT2D eigenvalue weighted by atomic mass is 16.7. The van der Waals surface area contributed by atoms with Crippen LogP contribution in [0.2, 0.25) is 0 Å². The maximum absolute atomic E-state index is 12.4. The van der Waals surface area contributed by atoms with Crippen LogP contribution in [0.1, 0.15) is 37.3 Å². The first-order chi connectivity index (χ1) is 18.7. The van der Waals surface area contributed by atoms with E-state index in [1.54, 1.807) is 19.1 Å². The number of nitrogens with zero attached hydrogens (tertiary/aromatic N) is 2. The van der Waals surface area contributed by atoms with Crippen LogP contribution in [0.25, 0.3) is 21.9 Å². The molecule has 5 rings (SSSR count). The Bertz CT molecular complexity index is 1700. The first-order valence-corrected chi connectivity index (χ1v) is 12.2. The molecule has 2 aromatic carbocycles. The van der Waals surface area contributed by atoms with Crippen molar-refractivity contribution < 1.29 is 32.8 Å². The van der Waals surface area contributed by atoms with Crippen molar-refractivity contribution in [3.8, 4) is 17.6 Å². The van der Waals surface area contributed by atoms with Gasteiger partial charge in [0.2, 0.25) is 0 Å². The summed E-state index contributed by atoms with van der Waals surface area (Å²) in [4.78, 5) is 55.0. The van der Waals surface area contributed by atoms with Gasteiger partial charge in [-0.1, -0.05) is 11.8 Å². The third-order valence-corrected chi connectivity index (χ3v) is 6.13. The molecule has 1 unspecified atom stereocenters. The van der Waals surface area contributed by atoms with Gasteiger partial charge in [-0.3, -0.25) is 9.59 Å². The molecule has 2 amide bonds. The highest BCUT2D eigenvalue weighted by molar-refractivity contribution is 6.06. The van der Waals surface area contributed by atoms with Gasteiger partial charge in [-0.25, -0.2) is 9.59 Å². The summed E-state index contributed by atoms with van der Waals surface area (Å²) >= 11 is 0. The van der Waals surface area contributed by atoms with Crippen molar-refractivity contribution in [3.63, 3.8) is 0 Å². The van der Waals surface area contributed by atoms with Gasteiger partial charge in [0.05, 0.1) is 23.5 Å². The Morgan fingerprint density at radius 3 is 2.36 bits per heavy atom. The van der Waals surface area contributed by atoms with Crippen LogP contribution in [-0.2, 0) is 19.2 Å². The maximum atomic E-state index is 12.4. The van der Waals surface area contributed by atoms with E-state index in [2.05, 4.69) is 11.8 Å². The topological polar surface area (TPSA) is 120 Å². The Morgan fingerprint density at radius 2 is 1.67 bits per heavy atom. The van der Waals surface area contributed by atoms with Crippen molar-refractivity contribution in [2.24, 2.45) is 0 Å². The second-order valence-corrected chi connectivity index (χ2v) is 9.23. The van der Waals surface area contributed by atoms with Crippen LogP contribution in [0.5, 0.6) is 5.75 Å². The molecule has 4 aromatic rings. The minimum absolute atomic E-state index is 0.00443. The molecule has 1 aliphatic rings. The molecule has 0 radical (unpaired) electrons. The Labute approximate surface area is 222 Å². The molecule has 2 aromatic heterocycles. The van der Waals surface area contributed by atoms with Crippen LogP contribution in [-0.4, -0.2) is 43.0 Å². The third kappa shape index (κ3) is 5.20. The number of rotatable bonds is 6. The van der Waals surface area contributed by atoms with Gasteiger partial charge in [-0.05, 0) is 43.3 Å². The Kier molecular flexibility index (Phi) is 6.81. The van der Waals surface area contributed by atoms with Crippen LogP contribution in [0.15, 0.2) is 62.4 Å². The zero-order valence-corrected chi connectivity index (χ0v) is 21.5. The summed E-state index contributed by atoms with van der Waals surface area (Å²) in [5.41, 5.74) is 2.13. The van der Waals surface area contributed by atoms with Crippen LogP contribution in [0.4, 0.5) is 5.69 Å². The van der Waals surface area contributed by atoms with Gasteiger partial charge in [0, 0.05) is 44.3 Å². The minimum atomic E-state index is -0.798.